The average Bonchev–Trinajstić information content (AvgIpc) is 2.73. The van der Waals surface area contributed by atoms with Crippen LogP contribution in [0.2, 0.25) is 0 Å². The molecule has 3 aromatic rings. The Labute approximate surface area is 162 Å². The van der Waals surface area contributed by atoms with Crippen molar-refractivity contribution in [3.05, 3.63) is 102 Å². The van der Waals surface area contributed by atoms with Crippen molar-refractivity contribution >= 4 is 41.5 Å². The maximum Gasteiger partial charge on any atom is 0.304 e. The van der Waals surface area contributed by atoms with E-state index >= 15 is 0 Å². The van der Waals surface area contributed by atoms with Gasteiger partial charge in [0.2, 0.25) is 0 Å². The molecular weight excluding hydrogens is 324 g/mol. The van der Waals surface area contributed by atoms with E-state index in [4.69, 9.17) is 0 Å². The summed E-state index contributed by atoms with van der Waals surface area (Å²) in [7, 11) is 0. The topological polar surface area (TPSA) is 3.24 Å². The normalized spacial score (nSPS) is 15.3. The van der Waals surface area contributed by atoms with Crippen LogP contribution < -0.4 is 15.6 Å². The first-order chi connectivity index (χ1) is 13.2. The highest BCUT2D eigenvalue weighted by atomic mass is 15.0. The molecule has 0 radical (unpaired) electrons. The third-order valence-corrected chi connectivity index (χ3v) is 5.84. The molecule has 0 unspecified atom stereocenters. The van der Waals surface area contributed by atoms with E-state index in [1.807, 2.05) is 0 Å². The Balaban J connectivity index is 1.77. The standard InChI is InChI=1S/C24H21B2N/c1-18-16-25(20-10-5-3-6-11-20)27-24-22(18)14-9-15-23(24)19(2)17-26(27)21-12-7-4-8-13-21/h3-17H,1-2H3. The summed E-state index contributed by atoms with van der Waals surface area (Å²) in [4.78, 5) is 0. The van der Waals surface area contributed by atoms with Crippen LogP contribution in [0, 0.1) is 0 Å². The van der Waals surface area contributed by atoms with E-state index < -0.39 is 0 Å². The molecule has 3 aromatic carbocycles. The first kappa shape index (κ1) is 16.3. The quantitative estimate of drug-likeness (QED) is 0.630. The predicted octanol–water partition coefficient (Wildman–Crippen LogP) is 4.20. The van der Waals surface area contributed by atoms with Gasteiger partial charge >= 0.3 is 13.7 Å². The van der Waals surface area contributed by atoms with Gasteiger partial charge in [-0.1, -0.05) is 113 Å². The molecule has 5 rings (SSSR count). The fourth-order valence-corrected chi connectivity index (χ4v) is 4.54. The lowest BCUT2D eigenvalue weighted by molar-refractivity contribution is 1.38. The Morgan fingerprint density at radius 3 is 1.44 bits per heavy atom. The second-order valence-electron chi connectivity index (χ2n) is 7.52. The van der Waals surface area contributed by atoms with Crippen molar-refractivity contribution in [1.82, 2.24) is 0 Å². The lowest BCUT2D eigenvalue weighted by Crippen LogP contribution is -2.61. The molecule has 2 heterocycles. The summed E-state index contributed by atoms with van der Waals surface area (Å²) in [5.74, 6) is 4.84. The highest BCUT2D eigenvalue weighted by Gasteiger charge is 2.40. The summed E-state index contributed by atoms with van der Waals surface area (Å²) in [6.45, 7) is 4.95. The van der Waals surface area contributed by atoms with Gasteiger partial charge in [0.25, 0.3) is 0 Å². The minimum Gasteiger partial charge on any atom is -0.445 e. The zero-order valence-electron chi connectivity index (χ0n) is 15.8. The lowest BCUT2D eigenvalue weighted by Gasteiger charge is -2.44. The number of benzene rings is 3. The molecule has 0 aromatic heterocycles. The molecule has 0 atom stereocenters. The zero-order valence-corrected chi connectivity index (χ0v) is 15.8. The number of hydrogen-bond donors (Lipinski definition) is 0. The van der Waals surface area contributed by atoms with Gasteiger partial charge in [-0.15, -0.1) is 0 Å². The van der Waals surface area contributed by atoms with Gasteiger partial charge in [-0.05, 0) is 25.0 Å². The second kappa shape index (κ2) is 6.35. The fourth-order valence-electron chi connectivity index (χ4n) is 4.54. The van der Waals surface area contributed by atoms with Crippen LogP contribution >= 0.6 is 0 Å². The van der Waals surface area contributed by atoms with Crippen LogP contribution in [0.4, 0.5) is 5.69 Å². The molecule has 0 N–H and O–H groups in total. The Bertz CT molecular complexity index is 973. The van der Waals surface area contributed by atoms with Gasteiger partial charge in [-0.25, -0.2) is 0 Å². The van der Waals surface area contributed by atoms with E-state index in [0.717, 1.165) is 0 Å². The van der Waals surface area contributed by atoms with Crippen molar-refractivity contribution in [3.63, 3.8) is 0 Å². The molecule has 2 aliphatic rings. The summed E-state index contributed by atoms with van der Waals surface area (Å²) < 4.78 is 2.61. The van der Waals surface area contributed by atoms with Crippen LogP contribution in [-0.4, -0.2) is 13.7 Å². The molecule has 0 fully saturated rings. The van der Waals surface area contributed by atoms with E-state index in [9.17, 15) is 0 Å². The molecule has 0 saturated carbocycles. The van der Waals surface area contributed by atoms with Crippen molar-refractivity contribution in [1.29, 1.82) is 0 Å². The van der Waals surface area contributed by atoms with Gasteiger partial charge in [-0.3, -0.25) is 0 Å². The van der Waals surface area contributed by atoms with E-state index in [0.29, 0.717) is 0 Å². The second-order valence-corrected chi connectivity index (χ2v) is 7.52. The lowest BCUT2D eigenvalue weighted by atomic mass is 9.38. The largest absolute Gasteiger partial charge is 0.445 e. The summed E-state index contributed by atoms with van der Waals surface area (Å²) in [6.07, 6.45) is 0. The molecule has 2 aliphatic heterocycles. The summed E-state index contributed by atoms with van der Waals surface area (Å²) in [6, 6.07) is 28.4. The highest BCUT2D eigenvalue weighted by molar-refractivity contribution is 7.00. The van der Waals surface area contributed by atoms with Crippen LogP contribution in [-0.2, 0) is 0 Å². The third kappa shape index (κ3) is 2.57. The number of rotatable bonds is 2. The SMILES string of the molecule is CC1=CB(c2ccccc2)N2B(c3ccccc3)C=C(C)c3cccc1c32. The molecule has 0 aliphatic carbocycles. The van der Waals surface area contributed by atoms with Crippen LogP contribution in [0.5, 0.6) is 0 Å². The maximum absolute atomic E-state index is 2.61. The number of allylic oxidation sites excluding steroid dienone is 2. The summed E-state index contributed by atoms with van der Waals surface area (Å²) in [5.41, 5.74) is 9.48. The van der Waals surface area contributed by atoms with E-state index in [-0.39, 0.29) is 13.7 Å². The van der Waals surface area contributed by atoms with E-state index in [1.165, 1.54) is 38.9 Å². The molecule has 0 bridgehead atoms. The highest BCUT2D eigenvalue weighted by Crippen LogP contribution is 2.41. The summed E-state index contributed by atoms with van der Waals surface area (Å²) in [5, 5.41) is 0. The molecule has 0 spiro atoms. The Morgan fingerprint density at radius 2 is 1.00 bits per heavy atom. The number of anilines is 1. The van der Waals surface area contributed by atoms with Gasteiger partial charge in [0.1, 0.15) is 0 Å². The molecular formula is C24H21B2N. The summed E-state index contributed by atoms with van der Waals surface area (Å²) >= 11 is 0. The Morgan fingerprint density at radius 1 is 0.556 bits per heavy atom. The van der Waals surface area contributed by atoms with Crippen LogP contribution in [0.1, 0.15) is 25.0 Å². The number of nitrogens with zero attached hydrogens (tertiary/aromatic N) is 1. The molecule has 27 heavy (non-hydrogen) atoms. The van der Waals surface area contributed by atoms with Crippen molar-refractivity contribution in [2.75, 3.05) is 4.72 Å². The minimum atomic E-state index is 0.231. The Hall–Kier alpha value is -2.93. The van der Waals surface area contributed by atoms with Crippen molar-refractivity contribution in [3.8, 4) is 0 Å². The fraction of sp³-hybridized carbons (Fsp3) is 0.0833. The van der Waals surface area contributed by atoms with Gasteiger partial charge in [-0.2, -0.15) is 0 Å². The molecule has 128 valence electrons. The molecule has 3 heteroatoms. The van der Waals surface area contributed by atoms with E-state index in [2.05, 4.69) is 109 Å². The van der Waals surface area contributed by atoms with Gasteiger partial charge in [0, 0.05) is 5.69 Å². The Kier molecular flexibility index (Phi) is 3.82. The third-order valence-electron chi connectivity index (χ3n) is 5.84. The van der Waals surface area contributed by atoms with Crippen LogP contribution in [0.15, 0.2) is 90.8 Å². The van der Waals surface area contributed by atoms with E-state index in [1.54, 1.807) is 0 Å². The number of para-hydroxylation sites is 1. The van der Waals surface area contributed by atoms with Crippen molar-refractivity contribution in [2.24, 2.45) is 0 Å². The molecule has 1 nitrogen and oxygen atoms in total. The minimum absolute atomic E-state index is 0.231. The van der Waals surface area contributed by atoms with Gasteiger partial charge < -0.3 is 4.72 Å². The van der Waals surface area contributed by atoms with Gasteiger partial charge in [0.15, 0.2) is 0 Å². The van der Waals surface area contributed by atoms with Crippen molar-refractivity contribution in [2.45, 2.75) is 13.8 Å². The predicted molar refractivity (Wildman–Crippen MR) is 120 cm³/mol. The number of hydrogen-bond acceptors (Lipinski definition) is 1. The first-order valence-corrected chi connectivity index (χ1v) is 9.63. The smallest absolute Gasteiger partial charge is 0.304 e. The van der Waals surface area contributed by atoms with Crippen LogP contribution in [0.25, 0.3) is 11.1 Å². The zero-order chi connectivity index (χ0) is 18.4. The molecule has 0 amide bonds. The van der Waals surface area contributed by atoms with Gasteiger partial charge in [0.05, 0.1) is 0 Å². The van der Waals surface area contributed by atoms with Crippen LogP contribution in [0.3, 0.4) is 0 Å². The van der Waals surface area contributed by atoms with Crippen molar-refractivity contribution < 1.29 is 0 Å². The monoisotopic (exact) mass is 345 g/mol. The first-order valence-electron chi connectivity index (χ1n) is 9.63. The average molecular weight is 345 g/mol. The molecule has 0 saturated heterocycles. The maximum atomic E-state index is 2.61.